The standard InChI is InChI=1S/C18H16Cl2N4O2/c19-12-1-2-14(25)16(17(12)20)11-3-6-24-10-13(22-15(24)9-11)18(26)23-7-4-21-5-8-23/h1-3,6,9-10,21,25H,4-5,7-8H2. The van der Waals surface area contributed by atoms with Crippen molar-refractivity contribution < 1.29 is 9.90 Å². The molecule has 134 valence electrons. The molecular formula is C18H16Cl2N4O2. The van der Waals surface area contributed by atoms with Crippen molar-refractivity contribution in [1.82, 2.24) is 19.6 Å². The molecular weight excluding hydrogens is 375 g/mol. The summed E-state index contributed by atoms with van der Waals surface area (Å²) in [6.45, 7) is 2.92. The van der Waals surface area contributed by atoms with E-state index in [9.17, 15) is 9.90 Å². The first-order valence-electron chi connectivity index (χ1n) is 8.20. The van der Waals surface area contributed by atoms with Crippen molar-refractivity contribution in [3.63, 3.8) is 0 Å². The molecule has 1 aromatic carbocycles. The van der Waals surface area contributed by atoms with Crippen LogP contribution in [-0.4, -0.2) is 51.5 Å². The highest BCUT2D eigenvalue weighted by atomic mass is 35.5. The van der Waals surface area contributed by atoms with Gasteiger partial charge in [-0.1, -0.05) is 23.2 Å². The molecule has 8 heteroatoms. The quantitative estimate of drug-likeness (QED) is 0.705. The molecule has 1 saturated heterocycles. The molecule has 0 aliphatic carbocycles. The zero-order chi connectivity index (χ0) is 18.3. The number of nitrogens with zero attached hydrogens (tertiary/aromatic N) is 3. The maximum absolute atomic E-state index is 12.6. The van der Waals surface area contributed by atoms with Gasteiger partial charge < -0.3 is 19.7 Å². The van der Waals surface area contributed by atoms with Gasteiger partial charge in [0, 0.05) is 44.1 Å². The van der Waals surface area contributed by atoms with E-state index in [1.165, 1.54) is 6.07 Å². The first-order valence-corrected chi connectivity index (χ1v) is 8.96. The normalized spacial score (nSPS) is 14.8. The molecule has 26 heavy (non-hydrogen) atoms. The van der Waals surface area contributed by atoms with E-state index < -0.39 is 0 Å². The molecule has 2 N–H and O–H groups in total. The number of halogens is 2. The molecule has 0 radical (unpaired) electrons. The van der Waals surface area contributed by atoms with E-state index in [1.807, 2.05) is 0 Å². The minimum Gasteiger partial charge on any atom is -0.507 e. The summed E-state index contributed by atoms with van der Waals surface area (Å²) in [5.74, 6) is -0.0483. The second kappa shape index (κ2) is 6.79. The van der Waals surface area contributed by atoms with E-state index >= 15 is 0 Å². The number of piperazine rings is 1. The predicted octanol–water partition coefficient (Wildman–Crippen LogP) is 3.06. The van der Waals surface area contributed by atoms with Crippen LogP contribution in [0, 0.1) is 0 Å². The van der Waals surface area contributed by atoms with E-state index in [1.54, 1.807) is 39.9 Å². The number of pyridine rings is 1. The van der Waals surface area contributed by atoms with Gasteiger partial charge in [0.2, 0.25) is 0 Å². The highest BCUT2D eigenvalue weighted by Crippen LogP contribution is 2.40. The average molecular weight is 391 g/mol. The summed E-state index contributed by atoms with van der Waals surface area (Å²) in [5.41, 5.74) is 2.11. The van der Waals surface area contributed by atoms with Crippen LogP contribution in [0.5, 0.6) is 5.75 Å². The van der Waals surface area contributed by atoms with Crippen LogP contribution in [0.15, 0.2) is 36.7 Å². The number of benzene rings is 1. The van der Waals surface area contributed by atoms with E-state index in [0.29, 0.717) is 40.6 Å². The highest BCUT2D eigenvalue weighted by Gasteiger charge is 2.21. The Hall–Kier alpha value is -2.28. The number of hydrogen-bond donors (Lipinski definition) is 2. The molecule has 1 aliphatic heterocycles. The molecule has 0 unspecified atom stereocenters. The summed E-state index contributed by atoms with van der Waals surface area (Å²) < 4.78 is 1.77. The number of rotatable bonds is 2. The number of phenols is 1. The second-order valence-corrected chi connectivity index (χ2v) is 6.89. The van der Waals surface area contributed by atoms with Crippen molar-refractivity contribution in [3.05, 3.63) is 52.4 Å². The molecule has 1 fully saturated rings. The van der Waals surface area contributed by atoms with Gasteiger partial charge in [-0.3, -0.25) is 4.79 Å². The number of imidazole rings is 1. The molecule has 1 amide bonds. The largest absolute Gasteiger partial charge is 0.507 e. The summed E-state index contributed by atoms with van der Waals surface area (Å²) in [7, 11) is 0. The number of hydrogen-bond acceptors (Lipinski definition) is 4. The van der Waals surface area contributed by atoms with Crippen LogP contribution in [0.4, 0.5) is 0 Å². The van der Waals surface area contributed by atoms with Gasteiger partial charge in [0.25, 0.3) is 5.91 Å². The Bertz CT molecular complexity index is 996. The number of amides is 1. The third-order valence-corrected chi connectivity index (χ3v) is 5.25. The predicted molar refractivity (Wildman–Crippen MR) is 101 cm³/mol. The molecule has 0 bridgehead atoms. The van der Waals surface area contributed by atoms with Crippen molar-refractivity contribution in [1.29, 1.82) is 0 Å². The lowest BCUT2D eigenvalue weighted by Crippen LogP contribution is -2.46. The summed E-state index contributed by atoms with van der Waals surface area (Å²) in [4.78, 5) is 18.9. The average Bonchev–Trinajstić information content (AvgIpc) is 3.08. The molecule has 2 aromatic heterocycles. The summed E-state index contributed by atoms with van der Waals surface area (Å²) >= 11 is 12.3. The Balaban J connectivity index is 1.73. The van der Waals surface area contributed by atoms with Crippen LogP contribution in [0.25, 0.3) is 16.8 Å². The van der Waals surface area contributed by atoms with Gasteiger partial charge in [0.05, 0.1) is 10.0 Å². The first-order chi connectivity index (χ1) is 12.5. The van der Waals surface area contributed by atoms with Gasteiger partial charge in [0.1, 0.15) is 17.1 Å². The highest BCUT2D eigenvalue weighted by molar-refractivity contribution is 6.44. The van der Waals surface area contributed by atoms with Crippen LogP contribution in [0.3, 0.4) is 0 Å². The summed E-state index contributed by atoms with van der Waals surface area (Å²) in [5, 5.41) is 14.0. The van der Waals surface area contributed by atoms with E-state index in [4.69, 9.17) is 23.2 Å². The van der Waals surface area contributed by atoms with Crippen molar-refractivity contribution in [2.75, 3.05) is 26.2 Å². The number of aromatic hydroxyl groups is 1. The Labute approximate surface area is 160 Å². The first kappa shape index (κ1) is 17.1. The Morgan fingerprint density at radius 3 is 2.73 bits per heavy atom. The maximum Gasteiger partial charge on any atom is 0.274 e. The van der Waals surface area contributed by atoms with Crippen LogP contribution in [0.1, 0.15) is 10.5 Å². The molecule has 0 saturated carbocycles. The summed E-state index contributed by atoms with van der Waals surface area (Å²) in [6.07, 6.45) is 3.49. The lowest BCUT2D eigenvalue weighted by Gasteiger charge is -2.26. The lowest BCUT2D eigenvalue weighted by molar-refractivity contribution is 0.0730. The molecule has 3 heterocycles. The number of carbonyl (C=O) groups is 1. The number of aromatic nitrogens is 2. The Morgan fingerprint density at radius 2 is 1.96 bits per heavy atom. The van der Waals surface area contributed by atoms with Crippen LogP contribution >= 0.6 is 23.2 Å². The van der Waals surface area contributed by atoms with E-state index in [0.717, 1.165) is 13.1 Å². The fourth-order valence-electron chi connectivity index (χ4n) is 3.09. The number of nitrogens with one attached hydrogen (secondary N) is 1. The number of carbonyl (C=O) groups excluding carboxylic acids is 1. The lowest BCUT2D eigenvalue weighted by atomic mass is 10.1. The minimum absolute atomic E-state index is 0.0347. The van der Waals surface area contributed by atoms with Gasteiger partial charge in [-0.2, -0.15) is 0 Å². The summed E-state index contributed by atoms with van der Waals surface area (Å²) in [6, 6.07) is 6.61. The van der Waals surface area contributed by atoms with Crippen molar-refractivity contribution in [3.8, 4) is 16.9 Å². The maximum atomic E-state index is 12.6. The van der Waals surface area contributed by atoms with Gasteiger partial charge in [0.15, 0.2) is 0 Å². The van der Waals surface area contributed by atoms with Gasteiger partial charge in [-0.05, 0) is 29.8 Å². The van der Waals surface area contributed by atoms with E-state index in [2.05, 4.69) is 10.3 Å². The van der Waals surface area contributed by atoms with Crippen LogP contribution < -0.4 is 5.32 Å². The molecule has 0 spiro atoms. The molecule has 1 aliphatic rings. The Morgan fingerprint density at radius 1 is 1.19 bits per heavy atom. The van der Waals surface area contributed by atoms with E-state index in [-0.39, 0.29) is 16.7 Å². The topological polar surface area (TPSA) is 69.9 Å². The molecule has 3 aromatic rings. The second-order valence-electron chi connectivity index (χ2n) is 6.10. The Kier molecular flexibility index (Phi) is 4.48. The monoisotopic (exact) mass is 390 g/mol. The third kappa shape index (κ3) is 3.00. The zero-order valence-corrected chi connectivity index (χ0v) is 15.3. The smallest absolute Gasteiger partial charge is 0.274 e. The minimum atomic E-state index is -0.0830. The fraction of sp³-hybridized carbons (Fsp3) is 0.222. The van der Waals surface area contributed by atoms with Gasteiger partial charge >= 0.3 is 0 Å². The van der Waals surface area contributed by atoms with Crippen LogP contribution in [0.2, 0.25) is 10.0 Å². The number of fused-ring (bicyclic) bond motifs is 1. The fourth-order valence-corrected chi connectivity index (χ4v) is 3.51. The number of phenolic OH excluding ortho intramolecular Hbond substituents is 1. The zero-order valence-electron chi connectivity index (χ0n) is 13.7. The molecule has 4 rings (SSSR count). The third-order valence-electron chi connectivity index (χ3n) is 4.45. The van der Waals surface area contributed by atoms with Gasteiger partial charge in [-0.25, -0.2) is 4.98 Å². The van der Waals surface area contributed by atoms with Crippen molar-refractivity contribution >= 4 is 34.8 Å². The van der Waals surface area contributed by atoms with Gasteiger partial charge in [-0.15, -0.1) is 0 Å². The molecule has 6 nitrogen and oxygen atoms in total. The van der Waals surface area contributed by atoms with Crippen molar-refractivity contribution in [2.45, 2.75) is 0 Å². The van der Waals surface area contributed by atoms with Crippen LogP contribution in [-0.2, 0) is 0 Å². The molecule has 0 atom stereocenters. The van der Waals surface area contributed by atoms with Crippen molar-refractivity contribution in [2.24, 2.45) is 0 Å². The SMILES string of the molecule is O=C(c1cn2ccc(-c3c(O)ccc(Cl)c3Cl)cc2n1)N1CCNCC1.